The average molecular weight is 422 g/mol. The summed E-state index contributed by atoms with van der Waals surface area (Å²) in [6.07, 6.45) is 3.02. The minimum Gasteiger partial charge on any atom is -0.451 e. The number of hydrogen-bond donors (Lipinski definition) is 2. The van der Waals surface area contributed by atoms with E-state index in [-0.39, 0.29) is 5.95 Å². The Hall–Kier alpha value is -3.19. The predicted octanol–water partition coefficient (Wildman–Crippen LogP) is 5.20. The first-order valence-corrected chi connectivity index (χ1v) is 9.04. The van der Waals surface area contributed by atoms with E-state index < -0.39 is 0 Å². The third-order valence-corrected chi connectivity index (χ3v) is 4.60. The quantitative estimate of drug-likeness (QED) is 0.470. The van der Waals surface area contributed by atoms with Gasteiger partial charge in [-0.3, -0.25) is 0 Å². The Labute approximate surface area is 164 Å². The first-order chi connectivity index (χ1) is 13.1. The largest absolute Gasteiger partial charge is 0.451 e. The minimum atomic E-state index is 0.216. The third-order valence-electron chi connectivity index (χ3n) is 4.10. The maximum Gasteiger partial charge on any atom is 0.222 e. The maximum atomic E-state index is 5.93. The molecule has 4 aromatic rings. The average Bonchev–Trinajstić information content (AvgIpc) is 3.18. The molecule has 0 amide bonds. The number of halogens is 1. The van der Waals surface area contributed by atoms with Gasteiger partial charge in [-0.15, -0.1) is 0 Å². The first-order valence-electron chi connectivity index (χ1n) is 8.25. The molecule has 0 atom stereocenters. The van der Waals surface area contributed by atoms with Gasteiger partial charge in [0.15, 0.2) is 6.39 Å². The van der Waals surface area contributed by atoms with Crippen molar-refractivity contribution in [2.45, 2.75) is 6.92 Å². The normalized spacial score (nSPS) is 10.7. The molecule has 2 heterocycles. The van der Waals surface area contributed by atoms with Gasteiger partial charge in [0.05, 0.1) is 5.69 Å². The van der Waals surface area contributed by atoms with Crippen LogP contribution < -0.4 is 11.1 Å². The highest BCUT2D eigenvalue weighted by Crippen LogP contribution is 2.28. The zero-order chi connectivity index (χ0) is 18.8. The number of anilines is 3. The van der Waals surface area contributed by atoms with Crippen molar-refractivity contribution in [1.82, 2.24) is 15.0 Å². The molecule has 6 nitrogen and oxygen atoms in total. The Morgan fingerprint density at radius 2 is 1.81 bits per heavy atom. The fraction of sp³-hybridized carbons (Fsp3) is 0.0500. The Morgan fingerprint density at radius 1 is 1.00 bits per heavy atom. The van der Waals surface area contributed by atoms with Crippen LogP contribution in [0.1, 0.15) is 5.56 Å². The fourth-order valence-corrected chi connectivity index (χ4v) is 3.13. The summed E-state index contributed by atoms with van der Waals surface area (Å²) in [5.41, 5.74) is 11.5. The number of aromatic nitrogens is 3. The monoisotopic (exact) mass is 421 g/mol. The van der Waals surface area contributed by atoms with Crippen LogP contribution in [0.4, 0.5) is 17.5 Å². The molecule has 3 N–H and O–H groups in total. The van der Waals surface area contributed by atoms with Crippen LogP contribution in [0.5, 0.6) is 0 Å². The second-order valence-corrected chi connectivity index (χ2v) is 6.95. The van der Waals surface area contributed by atoms with Crippen LogP contribution in [-0.2, 0) is 0 Å². The Kier molecular flexibility index (Phi) is 4.60. The molecule has 2 aromatic heterocycles. The highest BCUT2D eigenvalue weighted by Gasteiger charge is 2.09. The summed E-state index contributed by atoms with van der Waals surface area (Å²) in [5, 5.41) is 3.27. The van der Waals surface area contributed by atoms with E-state index in [2.05, 4.69) is 36.2 Å². The molecule has 2 aromatic carbocycles. The summed E-state index contributed by atoms with van der Waals surface area (Å²) >= 11 is 3.51. The molecule has 4 rings (SSSR count). The zero-order valence-electron chi connectivity index (χ0n) is 14.5. The van der Waals surface area contributed by atoms with Crippen molar-refractivity contribution < 1.29 is 4.42 Å². The van der Waals surface area contributed by atoms with E-state index in [9.17, 15) is 0 Å². The number of oxazole rings is 1. The predicted molar refractivity (Wildman–Crippen MR) is 110 cm³/mol. The van der Waals surface area contributed by atoms with E-state index in [1.165, 1.54) is 6.39 Å². The lowest BCUT2D eigenvalue weighted by Gasteiger charge is -2.11. The lowest BCUT2D eigenvalue weighted by molar-refractivity contribution is 0.558. The van der Waals surface area contributed by atoms with Gasteiger partial charge in [-0.25, -0.2) is 9.97 Å². The smallest absolute Gasteiger partial charge is 0.222 e. The lowest BCUT2D eigenvalue weighted by atomic mass is 10.1. The van der Waals surface area contributed by atoms with Crippen molar-refractivity contribution in [1.29, 1.82) is 0 Å². The van der Waals surface area contributed by atoms with Crippen LogP contribution in [0.25, 0.3) is 22.5 Å². The Bertz CT molecular complexity index is 1080. The van der Waals surface area contributed by atoms with Crippen molar-refractivity contribution in [3.05, 3.63) is 71.2 Å². The lowest BCUT2D eigenvalue weighted by Crippen LogP contribution is -2.02. The van der Waals surface area contributed by atoms with Gasteiger partial charge in [0.1, 0.15) is 17.8 Å². The Morgan fingerprint density at radius 3 is 2.56 bits per heavy atom. The maximum absolute atomic E-state index is 5.93. The molecule has 7 heteroatoms. The van der Waals surface area contributed by atoms with Crippen LogP contribution in [-0.4, -0.2) is 15.0 Å². The number of rotatable bonds is 4. The van der Waals surface area contributed by atoms with Crippen LogP contribution in [0, 0.1) is 6.92 Å². The molecule has 0 aliphatic heterocycles. The van der Waals surface area contributed by atoms with Gasteiger partial charge in [0.25, 0.3) is 0 Å². The number of aryl methyl sites for hydroxylation is 1. The first kappa shape index (κ1) is 17.2. The zero-order valence-corrected chi connectivity index (χ0v) is 16.1. The summed E-state index contributed by atoms with van der Waals surface area (Å²) in [5.74, 6) is 0.847. The summed E-state index contributed by atoms with van der Waals surface area (Å²) in [7, 11) is 0. The van der Waals surface area contributed by atoms with Crippen molar-refractivity contribution in [2.24, 2.45) is 0 Å². The van der Waals surface area contributed by atoms with Gasteiger partial charge in [-0.2, -0.15) is 4.98 Å². The van der Waals surface area contributed by atoms with Crippen LogP contribution in [0.2, 0.25) is 0 Å². The van der Waals surface area contributed by atoms with Gasteiger partial charge in [-0.1, -0.05) is 34.1 Å². The molecule has 0 bridgehead atoms. The van der Waals surface area contributed by atoms with E-state index >= 15 is 0 Å². The van der Waals surface area contributed by atoms with Gasteiger partial charge in [-0.05, 0) is 36.8 Å². The molecule has 0 unspecified atom stereocenters. The number of hydrogen-bond acceptors (Lipinski definition) is 6. The van der Waals surface area contributed by atoms with Gasteiger partial charge < -0.3 is 15.5 Å². The molecule has 0 fully saturated rings. The van der Waals surface area contributed by atoms with Crippen molar-refractivity contribution >= 4 is 33.4 Å². The van der Waals surface area contributed by atoms with Crippen LogP contribution in [0.15, 0.2) is 70.1 Å². The number of nitrogen functional groups attached to an aromatic ring is 1. The molecule has 0 radical (unpaired) electrons. The van der Waals surface area contributed by atoms with Gasteiger partial charge in [0.2, 0.25) is 5.95 Å². The number of nitrogens with one attached hydrogen (secondary N) is 1. The molecule has 0 saturated heterocycles. The fourth-order valence-electron chi connectivity index (χ4n) is 2.77. The number of nitrogens with zero attached hydrogens (tertiary/aromatic N) is 3. The standard InChI is InChI=1S/C20H16BrN5O/c1-12-2-5-14(21)8-16(12)17-9-19(26-20(22)25-17)24-15-6-3-13(4-7-15)18-10-27-11-23-18/h2-11H,1H3,(H3,22,24,25,26). The minimum absolute atomic E-state index is 0.216. The second kappa shape index (κ2) is 7.20. The summed E-state index contributed by atoms with van der Waals surface area (Å²) in [6, 6.07) is 15.8. The number of nitrogens with two attached hydrogens (primary N) is 1. The molecule has 0 aliphatic carbocycles. The van der Waals surface area contributed by atoms with Crippen molar-refractivity contribution in [3.63, 3.8) is 0 Å². The van der Waals surface area contributed by atoms with Crippen molar-refractivity contribution in [2.75, 3.05) is 11.1 Å². The Balaban J connectivity index is 1.63. The molecule has 0 aliphatic rings. The highest BCUT2D eigenvalue weighted by molar-refractivity contribution is 9.10. The molecular weight excluding hydrogens is 406 g/mol. The van der Waals surface area contributed by atoms with E-state index in [0.717, 1.165) is 38.2 Å². The van der Waals surface area contributed by atoms with Crippen LogP contribution >= 0.6 is 15.9 Å². The summed E-state index contributed by atoms with van der Waals surface area (Å²) < 4.78 is 6.00. The van der Waals surface area contributed by atoms with E-state index in [1.807, 2.05) is 55.5 Å². The molecule has 0 spiro atoms. The molecular formula is C20H16BrN5O. The molecule has 0 saturated carbocycles. The van der Waals surface area contributed by atoms with E-state index in [1.54, 1.807) is 6.26 Å². The molecule has 134 valence electrons. The number of benzene rings is 2. The van der Waals surface area contributed by atoms with Gasteiger partial charge in [0, 0.05) is 27.4 Å². The van der Waals surface area contributed by atoms with Crippen molar-refractivity contribution in [3.8, 4) is 22.5 Å². The van der Waals surface area contributed by atoms with Gasteiger partial charge >= 0.3 is 0 Å². The SMILES string of the molecule is Cc1ccc(Br)cc1-c1cc(Nc2ccc(-c3cocn3)cc2)nc(N)n1. The highest BCUT2D eigenvalue weighted by atomic mass is 79.9. The molecule has 27 heavy (non-hydrogen) atoms. The topological polar surface area (TPSA) is 89.9 Å². The summed E-state index contributed by atoms with van der Waals surface area (Å²) in [4.78, 5) is 12.8. The van der Waals surface area contributed by atoms with E-state index in [0.29, 0.717) is 5.82 Å². The second-order valence-electron chi connectivity index (χ2n) is 6.03. The third kappa shape index (κ3) is 3.83. The summed E-state index contributed by atoms with van der Waals surface area (Å²) in [6.45, 7) is 2.04. The van der Waals surface area contributed by atoms with Crippen LogP contribution in [0.3, 0.4) is 0 Å². The van der Waals surface area contributed by atoms with E-state index in [4.69, 9.17) is 10.2 Å².